The molecule has 0 amide bonds. The Kier molecular flexibility index (Phi) is 3.13. The first-order chi connectivity index (χ1) is 6.11. The molecule has 0 fully saturated rings. The van der Waals surface area contributed by atoms with E-state index in [1.807, 2.05) is 13.8 Å². The lowest BCUT2D eigenvalue weighted by molar-refractivity contribution is 0.229. The first-order valence-electron chi connectivity index (χ1n) is 3.89. The van der Waals surface area contributed by atoms with E-state index in [0.29, 0.717) is 11.4 Å². The fourth-order valence-electron chi connectivity index (χ4n) is 0.817. The molecular weight excluding hydrogens is 186 g/mol. The summed E-state index contributed by atoms with van der Waals surface area (Å²) in [6.45, 7) is 3.80. The number of rotatable bonds is 3. The van der Waals surface area contributed by atoms with Crippen molar-refractivity contribution < 1.29 is 4.74 Å². The summed E-state index contributed by atoms with van der Waals surface area (Å²) in [6.07, 6.45) is 1.56. The van der Waals surface area contributed by atoms with E-state index >= 15 is 0 Å². The first-order valence-corrected chi connectivity index (χ1v) is 4.30. The van der Waals surface area contributed by atoms with E-state index in [2.05, 4.69) is 10.2 Å². The van der Waals surface area contributed by atoms with Crippen molar-refractivity contribution in [2.45, 2.75) is 20.0 Å². The summed E-state index contributed by atoms with van der Waals surface area (Å²) in [5, 5.41) is 7.49. The van der Waals surface area contributed by atoms with E-state index in [1.165, 1.54) is 6.20 Å². The van der Waals surface area contributed by atoms with Crippen molar-refractivity contribution in [3.05, 3.63) is 17.8 Å². The van der Waals surface area contributed by atoms with Gasteiger partial charge in [0.05, 0.1) is 17.9 Å². The van der Waals surface area contributed by atoms with Crippen molar-refractivity contribution in [2.24, 2.45) is 5.73 Å². The van der Waals surface area contributed by atoms with Crippen LogP contribution in [-0.4, -0.2) is 21.3 Å². The number of aromatic nitrogens is 2. The molecule has 0 atom stereocenters. The molecule has 1 aromatic rings. The highest BCUT2D eigenvalue weighted by Gasteiger charge is 2.08. The van der Waals surface area contributed by atoms with Crippen molar-refractivity contribution in [2.75, 3.05) is 0 Å². The minimum Gasteiger partial charge on any atom is -0.473 e. The van der Waals surface area contributed by atoms with Crippen LogP contribution in [0.3, 0.4) is 0 Å². The Morgan fingerprint density at radius 3 is 2.85 bits per heavy atom. The molecule has 0 saturated carbocycles. The van der Waals surface area contributed by atoms with Gasteiger partial charge in [-0.05, 0) is 19.9 Å². The SMILES string of the molecule is CC(C)Oc1nnccc1C(N)=S. The Labute approximate surface area is 82.1 Å². The second-order valence-electron chi connectivity index (χ2n) is 2.78. The van der Waals surface area contributed by atoms with Crippen LogP contribution in [0.25, 0.3) is 0 Å². The molecular formula is C8H11N3OS. The zero-order valence-corrected chi connectivity index (χ0v) is 8.34. The normalized spacial score (nSPS) is 10.1. The highest BCUT2D eigenvalue weighted by molar-refractivity contribution is 7.80. The summed E-state index contributed by atoms with van der Waals surface area (Å²) in [5.74, 6) is 0.394. The summed E-state index contributed by atoms with van der Waals surface area (Å²) in [4.78, 5) is 0.269. The molecule has 4 nitrogen and oxygen atoms in total. The van der Waals surface area contributed by atoms with E-state index < -0.39 is 0 Å². The molecule has 0 unspecified atom stereocenters. The third-order valence-corrected chi connectivity index (χ3v) is 1.52. The van der Waals surface area contributed by atoms with Crippen LogP contribution in [0.5, 0.6) is 5.88 Å². The van der Waals surface area contributed by atoms with Crippen LogP contribution < -0.4 is 10.5 Å². The molecule has 0 aliphatic heterocycles. The van der Waals surface area contributed by atoms with Crippen molar-refractivity contribution in [1.29, 1.82) is 0 Å². The van der Waals surface area contributed by atoms with Crippen LogP contribution in [0, 0.1) is 0 Å². The lowest BCUT2D eigenvalue weighted by Gasteiger charge is -2.10. The predicted octanol–water partition coefficient (Wildman–Crippen LogP) is 0.898. The molecule has 0 aliphatic rings. The summed E-state index contributed by atoms with van der Waals surface area (Å²) < 4.78 is 5.37. The zero-order chi connectivity index (χ0) is 9.84. The topological polar surface area (TPSA) is 61.0 Å². The highest BCUT2D eigenvalue weighted by Crippen LogP contribution is 2.13. The molecule has 1 heterocycles. The summed E-state index contributed by atoms with van der Waals surface area (Å²) in [6, 6.07) is 1.69. The lowest BCUT2D eigenvalue weighted by atomic mass is 10.3. The van der Waals surface area contributed by atoms with E-state index in [-0.39, 0.29) is 11.1 Å². The van der Waals surface area contributed by atoms with E-state index in [4.69, 9.17) is 22.7 Å². The Balaban J connectivity index is 2.98. The van der Waals surface area contributed by atoms with Crippen LogP contribution in [0.4, 0.5) is 0 Å². The van der Waals surface area contributed by atoms with Crippen LogP contribution in [0.15, 0.2) is 12.3 Å². The molecule has 1 aromatic heterocycles. The fourth-order valence-corrected chi connectivity index (χ4v) is 0.972. The fraction of sp³-hybridized carbons (Fsp3) is 0.375. The molecule has 0 radical (unpaired) electrons. The van der Waals surface area contributed by atoms with Crippen molar-refractivity contribution in [1.82, 2.24) is 10.2 Å². The molecule has 2 N–H and O–H groups in total. The smallest absolute Gasteiger partial charge is 0.244 e. The van der Waals surface area contributed by atoms with Gasteiger partial charge < -0.3 is 10.5 Å². The minimum absolute atomic E-state index is 0.0322. The van der Waals surface area contributed by atoms with Crippen molar-refractivity contribution in [3.63, 3.8) is 0 Å². The number of thiocarbonyl (C=S) groups is 1. The molecule has 1 rings (SSSR count). The average molecular weight is 197 g/mol. The minimum atomic E-state index is 0.0322. The maximum atomic E-state index is 5.47. The average Bonchev–Trinajstić information content (AvgIpc) is 2.03. The molecule has 0 bridgehead atoms. The largest absolute Gasteiger partial charge is 0.473 e. The van der Waals surface area contributed by atoms with Gasteiger partial charge in [-0.25, -0.2) is 0 Å². The van der Waals surface area contributed by atoms with Gasteiger partial charge in [0.2, 0.25) is 5.88 Å². The van der Waals surface area contributed by atoms with Crippen LogP contribution in [0.1, 0.15) is 19.4 Å². The van der Waals surface area contributed by atoms with E-state index in [9.17, 15) is 0 Å². The second kappa shape index (κ2) is 4.13. The lowest BCUT2D eigenvalue weighted by Crippen LogP contribution is -2.16. The maximum absolute atomic E-state index is 5.47. The zero-order valence-electron chi connectivity index (χ0n) is 7.52. The molecule has 0 saturated heterocycles. The van der Waals surface area contributed by atoms with Gasteiger partial charge in [0.15, 0.2) is 0 Å². The van der Waals surface area contributed by atoms with Gasteiger partial charge >= 0.3 is 0 Å². The monoisotopic (exact) mass is 197 g/mol. The van der Waals surface area contributed by atoms with E-state index in [1.54, 1.807) is 6.07 Å². The molecule has 0 aromatic carbocycles. The third kappa shape index (κ3) is 2.62. The molecule has 13 heavy (non-hydrogen) atoms. The van der Waals surface area contributed by atoms with Crippen molar-refractivity contribution in [3.8, 4) is 5.88 Å². The standard InChI is InChI=1S/C8H11N3OS/c1-5(2)12-8-6(7(9)13)3-4-10-11-8/h3-5H,1-2H3,(H2,9,13). The summed E-state index contributed by atoms with van der Waals surface area (Å²) in [7, 11) is 0. The Morgan fingerprint density at radius 2 is 2.31 bits per heavy atom. The highest BCUT2D eigenvalue weighted by atomic mass is 32.1. The summed E-state index contributed by atoms with van der Waals surface area (Å²) >= 11 is 4.83. The predicted molar refractivity (Wildman–Crippen MR) is 53.7 cm³/mol. The maximum Gasteiger partial charge on any atom is 0.244 e. The number of nitrogens with two attached hydrogens (primary N) is 1. The second-order valence-corrected chi connectivity index (χ2v) is 3.22. The van der Waals surface area contributed by atoms with Gasteiger partial charge in [-0.1, -0.05) is 12.2 Å². The molecule has 70 valence electrons. The van der Waals surface area contributed by atoms with Crippen molar-refractivity contribution >= 4 is 17.2 Å². The van der Waals surface area contributed by atoms with Crippen LogP contribution in [-0.2, 0) is 0 Å². The molecule has 0 aliphatic carbocycles. The first kappa shape index (κ1) is 9.85. The Bertz CT molecular complexity index is 314. The van der Waals surface area contributed by atoms with Gasteiger partial charge in [0, 0.05) is 0 Å². The van der Waals surface area contributed by atoms with Crippen LogP contribution >= 0.6 is 12.2 Å². The molecule has 5 heteroatoms. The van der Waals surface area contributed by atoms with Gasteiger partial charge in [-0.3, -0.25) is 0 Å². The number of ether oxygens (including phenoxy) is 1. The van der Waals surface area contributed by atoms with Gasteiger partial charge in [0.25, 0.3) is 0 Å². The number of hydrogen-bond donors (Lipinski definition) is 1. The van der Waals surface area contributed by atoms with Crippen LogP contribution in [0.2, 0.25) is 0 Å². The number of hydrogen-bond acceptors (Lipinski definition) is 4. The van der Waals surface area contributed by atoms with Gasteiger partial charge in [0.1, 0.15) is 4.99 Å². The Morgan fingerprint density at radius 1 is 1.62 bits per heavy atom. The van der Waals surface area contributed by atoms with Gasteiger partial charge in [-0.2, -0.15) is 5.10 Å². The summed E-state index contributed by atoms with van der Waals surface area (Å²) in [5.41, 5.74) is 6.10. The van der Waals surface area contributed by atoms with Gasteiger partial charge in [-0.15, -0.1) is 5.10 Å². The number of nitrogens with zero attached hydrogens (tertiary/aromatic N) is 2. The quantitative estimate of drug-likeness (QED) is 0.729. The third-order valence-electron chi connectivity index (χ3n) is 1.30. The Hall–Kier alpha value is -1.23. The van der Waals surface area contributed by atoms with E-state index in [0.717, 1.165) is 0 Å². The molecule has 0 spiro atoms.